The Kier molecular flexibility index (Phi) is 4.34. The van der Waals surface area contributed by atoms with Crippen molar-refractivity contribution in [2.75, 3.05) is 11.9 Å². The number of hydrogen-bond acceptors (Lipinski definition) is 4. The molecule has 0 saturated carbocycles. The number of para-hydroxylation sites is 1. The van der Waals surface area contributed by atoms with Crippen LogP contribution in [0.1, 0.15) is 12.8 Å². The van der Waals surface area contributed by atoms with Gasteiger partial charge in [-0.3, -0.25) is 4.79 Å². The molecule has 0 bridgehead atoms. The molecule has 2 aromatic rings. The summed E-state index contributed by atoms with van der Waals surface area (Å²) < 4.78 is 5.64. The molecule has 1 fully saturated rings. The summed E-state index contributed by atoms with van der Waals surface area (Å²) in [7, 11) is 0. The lowest BCUT2D eigenvalue weighted by molar-refractivity contribution is -0.126. The SMILES string of the molecule is NC[C@H]1CC[C@@H](C(=O)Nc2ccccc2-c2cccs2)O1. The largest absolute Gasteiger partial charge is 0.364 e. The molecular weight excluding hydrogens is 284 g/mol. The Balaban J connectivity index is 1.75. The number of carbonyl (C=O) groups excluding carboxylic acids is 1. The van der Waals surface area contributed by atoms with E-state index < -0.39 is 6.10 Å². The molecule has 1 amide bonds. The topological polar surface area (TPSA) is 64.4 Å². The van der Waals surface area contributed by atoms with Gasteiger partial charge in [0.25, 0.3) is 5.91 Å². The Labute approximate surface area is 127 Å². The number of thiophene rings is 1. The fourth-order valence-corrected chi connectivity index (χ4v) is 3.29. The molecule has 1 aliphatic rings. The number of nitrogens with two attached hydrogens (primary N) is 1. The molecule has 0 radical (unpaired) electrons. The van der Waals surface area contributed by atoms with E-state index in [-0.39, 0.29) is 12.0 Å². The fourth-order valence-electron chi connectivity index (χ4n) is 2.52. The lowest BCUT2D eigenvalue weighted by atomic mass is 10.1. The lowest BCUT2D eigenvalue weighted by Crippen LogP contribution is -2.29. The molecule has 5 heteroatoms. The maximum atomic E-state index is 12.3. The summed E-state index contributed by atoms with van der Waals surface area (Å²) in [6.07, 6.45) is 1.19. The molecule has 0 unspecified atom stereocenters. The van der Waals surface area contributed by atoms with Gasteiger partial charge in [0.1, 0.15) is 6.10 Å². The minimum Gasteiger partial charge on any atom is -0.364 e. The maximum absolute atomic E-state index is 12.3. The van der Waals surface area contributed by atoms with Crippen molar-refractivity contribution in [3.63, 3.8) is 0 Å². The predicted molar refractivity (Wildman–Crippen MR) is 85.3 cm³/mol. The summed E-state index contributed by atoms with van der Waals surface area (Å²) in [6.45, 7) is 0.468. The number of anilines is 1. The molecule has 1 aromatic carbocycles. The normalized spacial score (nSPS) is 21.4. The van der Waals surface area contributed by atoms with E-state index in [0.717, 1.165) is 29.0 Å². The van der Waals surface area contributed by atoms with Gasteiger partial charge in [-0.15, -0.1) is 11.3 Å². The van der Waals surface area contributed by atoms with Crippen LogP contribution in [0.25, 0.3) is 10.4 Å². The third kappa shape index (κ3) is 3.15. The van der Waals surface area contributed by atoms with Crippen LogP contribution in [-0.2, 0) is 9.53 Å². The molecular formula is C16H18N2O2S. The van der Waals surface area contributed by atoms with Gasteiger partial charge in [0.05, 0.1) is 6.10 Å². The van der Waals surface area contributed by atoms with E-state index in [0.29, 0.717) is 6.54 Å². The van der Waals surface area contributed by atoms with Crippen LogP contribution in [-0.4, -0.2) is 24.7 Å². The highest BCUT2D eigenvalue weighted by Crippen LogP contribution is 2.32. The smallest absolute Gasteiger partial charge is 0.253 e. The second kappa shape index (κ2) is 6.39. The molecule has 0 spiro atoms. The molecule has 2 atom stereocenters. The zero-order valence-electron chi connectivity index (χ0n) is 11.6. The summed E-state index contributed by atoms with van der Waals surface area (Å²) in [5.74, 6) is -0.0880. The summed E-state index contributed by atoms with van der Waals surface area (Å²) in [4.78, 5) is 13.5. The predicted octanol–water partition coefficient (Wildman–Crippen LogP) is 2.86. The highest BCUT2D eigenvalue weighted by molar-refractivity contribution is 7.13. The van der Waals surface area contributed by atoms with Crippen LogP contribution in [0.5, 0.6) is 0 Å². The molecule has 2 heterocycles. The van der Waals surface area contributed by atoms with Crippen molar-refractivity contribution >= 4 is 22.9 Å². The van der Waals surface area contributed by atoms with Crippen LogP contribution in [0.4, 0.5) is 5.69 Å². The van der Waals surface area contributed by atoms with Gasteiger partial charge in [-0.2, -0.15) is 0 Å². The minimum absolute atomic E-state index is 0.00768. The number of ether oxygens (including phenoxy) is 1. The average Bonchev–Trinajstić information content (AvgIpc) is 3.19. The summed E-state index contributed by atoms with van der Waals surface area (Å²) >= 11 is 1.65. The number of hydrogen-bond donors (Lipinski definition) is 2. The summed E-state index contributed by atoms with van der Waals surface area (Å²) in [6, 6.07) is 11.9. The molecule has 0 aliphatic carbocycles. The molecule has 3 rings (SSSR count). The monoisotopic (exact) mass is 302 g/mol. The van der Waals surface area contributed by atoms with Gasteiger partial charge in [-0.1, -0.05) is 24.3 Å². The molecule has 1 aromatic heterocycles. The number of amides is 1. The van der Waals surface area contributed by atoms with E-state index >= 15 is 0 Å². The third-order valence-corrected chi connectivity index (χ3v) is 4.54. The van der Waals surface area contributed by atoms with Crippen LogP contribution in [0, 0.1) is 0 Å². The van der Waals surface area contributed by atoms with Crippen molar-refractivity contribution < 1.29 is 9.53 Å². The molecule has 1 saturated heterocycles. The Morgan fingerprint density at radius 3 is 2.86 bits per heavy atom. The zero-order valence-corrected chi connectivity index (χ0v) is 12.4. The minimum atomic E-state index is -0.394. The average molecular weight is 302 g/mol. The number of nitrogens with one attached hydrogen (secondary N) is 1. The third-order valence-electron chi connectivity index (χ3n) is 3.63. The van der Waals surface area contributed by atoms with E-state index in [9.17, 15) is 4.79 Å². The second-order valence-corrected chi connectivity index (χ2v) is 6.02. The Bertz CT molecular complexity index is 612. The van der Waals surface area contributed by atoms with Gasteiger partial charge in [-0.05, 0) is 30.4 Å². The van der Waals surface area contributed by atoms with Crippen LogP contribution < -0.4 is 11.1 Å². The number of benzene rings is 1. The molecule has 1 aliphatic heterocycles. The second-order valence-electron chi connectivity index (χ2n) is 5.07. The zero-order chi connectivity index (χ0) is 14.7. The fraction of sp³-hybridized carbons (Fsp3) is 0.312. The summed E-state index contributed by atoms with van der Waals surface area (Å²) in [5.41, 5.74) is 7.44. The Morgan fingerprint density at radius 1 is 1.29 bits per heavy atom. The quantitative estimate of drug-likeness (QED) is 0.913. The lowest BCUT2D eigenvalue weighted by Gasteiger charge is -2.14. The van der Waals surface area contributed by atoms with E-state index in [4.69, 9.17) is 10.5 Å². The van der Waals surface area contributed by atoms with Crippen LogP contribution in [0.3, 0.4) is 0 Å². The van der Waals surface area contributed by atoms with Crippen LogP contribution >= 0.6 is 11.3 Å². The van der Waals surface area contributed by atoms with E-state index in [1.54, 1.807) is 11.3 Å². The maximum Gasteiger partial charge on any atom is 0.253 e. The van der Waals surface area contributed by atoms with Gasteiger partial charge < -0.3 is 15.8 Å². The molecule has 21 heavy (non-hydrogen) atoms. The van der Waals surface area contributed by atoms with Crippen molar-refractivity contribution in [2.45, 2.75) is 25.0 Å². The van der Waals surface area contributed by atoms with Gasteiger partial charge in [0.2, 0.25) is 0 Å². The van der Waals surface area contributed by atoms with Crippen LogP contribution in [0.15, 0.2) is 41.8 Å². The first-order valence-electron chi connectivity index (χ1n) is 7.07. The van der Waals surface area contributed by atoms with Gasteiger partial charge in [0, 0.05) is 22.7 Å². The highest BCUT2D eigenvalue weighted by atomic mass is 32.1. The Hall–Kier alpha value is -1.69. The molecule has 110 valence electrons. The molecule has 4 nitrogen and oxygen atoms in total. The van der Waals surface area contributed by atoms with Gasteiger partial charge in [-0.25, -0.2) is 0 Å². The van der Waals surface area contributed by atoms with E-state index in [2.05, 4.69) is 5.32 Å². The van der Waals surface area contributed by atoms with E-state index in [1.165, 1.54) is 0 Å². The summed E-state index contributed by atoms with van der Waals surface area (Å²) in [5, 5.41) is 5.01. The van der Waals surface area contributed by atoms with Crippen molar-refractivity contribution in [1.82, 2.24) is 0 Å². The van der Waals surface area contributed by atoms with Crippen LogP contribution in [0.2, 0.25) is 0 Å². The Morgan fingerprint density at radius 2 is 2.14 bits per heavy atom. The number of carbonyl (C=O) groups is 1. The standard InChI is InChI=1S/C16H18N2O2S/c17-10-11-7-8-14(20-11)16(19)18-13-5-2-1-4-12(13)15-6-3-9-21-15/h1-6,9,11,14H,7-8,10,17H2,(H,18,19)/t11-,14+/m1/s1. The first kappa shape index (κ1) is 14.3. The highest BCUT2D eigenvalue weighted by Gasteiger charge is 2.30. The van der Waals surface area contributed by atoms with Crippen molar-refractivity contribution in [3.8, 4) is 10.4 Å². The number of rotatable bonds is 4. The first-order chi connectivity index (χ1) is 10.3. The van der Waals surface area contributed by atoms with Gasteiger partial charge in [0.15, 0.2) is 0 Å². The van der Waals surface area contributed by atoms with Gasteiger partial charge >= 0.3 is 0 Å². The van der Waals surface area contributed by atoms with Crippen molar-refractivity contribution in [1.29, 1.82) is 0 Å². The van der Waals surface area contributed by atoms with E-state index in [1.807, 2.05) is 41.8 Å². The van der Waals surface area contributed by atoms with Crippen molar-refractivity contribution in [2.24, 2.45) is 5.73 Å². The molecule has 3 N–H and O–H groups in total. The van der Waals surface area contributed by atoms with Crippen molar-refractivity contribution in [3.05, 3.63) is 41.8 Å². The first-order valence-corrected chi connectivity index (χ1v) is 7.95.